The molecular weight excluding hydrogens is 330 g/mol. The summed E-state index contributed by atoms with van der Waals surface area (Å²) in [6.07, 6.45) is 2.28. The normalized spacial score (nSPS) is 24.3. The highest BCUT2D eigenvalue weighted by Crippen LogP contribution is 2.30. The minimum Gasteiger partial charge on any atom is -0.451 e. The van der Waals surface area contributed by atoms with Gasteiger partial charge in [0.05, 0.1) is 5.69 Å². The second-order valence-electron chi connectivity index (χ2n) is 7.21. The number of furan rings is 1. The highest BCUT2D eigenvalue weighted by Gasteiger charge is 2.33. The number of rotatable bonds is 4. The van der Waals surface area contributed by atoms with Crippen LogP contribution in [0.5, 0.6) is 0 Å². The monoisotopic (exact) mass is 353 g/mol. The van der Waals surface area contributed by atoms with Crippen molar-refractivity contribution < 1.29 is 14.0 Å². The van der Waals surface area contributed by atoms with Crippen LogP contribution < -0.4 is 10.6 Å². The van der Waals surface area contributed by atoms with Gasteiger partial charge in [0.15, 0.2) is 5.76 Å². The first kappa shape index (κ1) is 16.8. The zero-order valence-corrected chi connectivity index (χ0v) is 14.8. The van der Waals surface area contributed by atoms with Gasteiger partial charge in [-0.15, -0.1) is 0 Å². The summed E-state index contributed by atoms with van der Waals surface area (Å²) in [7, 11) is 0. The molecule has 0 aliphatic carbocycles. The lowest BCUT2D eigenvalue weighted by Gasteiger charge is -2.30. The minimum absolute atomic E-state index is 0.149. The summed E-state index contributed by atoms with van der Waals surface area (Å²) in [6.45, 7) is 4.69. The molecule has 2 fully saturated rings. The Morgan fingerprint density at radius 3 is 2.81 bits per heavy atom. The van der Waals surface area contributed by atoms with Crippen molar-refractivity contribution in [3.63, 3.8) is 0 Å². The van der Waals surface area contributed by atoms with Gasteiger partial charge in [-0.2, -0.15) is 0 Å². The topological polar surface area (TPSA) is 74.6 Å². The minimum atomic E-state index is -0.180. The van der Waals surface area contributed by atoms with Gasteiger partial charge in [0.25, 0.3) is 5.91 Å². The number of piperidine rings is 1. The first-order valence-corrected chi connectivity index (χ1v) is 9.08. The fraction of sp³-hybridized carbons (Fsp3) is 0.400. The number of benzene rings is 1. The second-order valence-corrected chi connectivity index (χ2v) is 7.21. The van der Waals surface area contributed by atoms with Gasteiger partial charge in [-0.25, -0.2) is 0 Å². The fourth-order valence-corrected chi connectivity index (χ4v) is 4.02. The van der Waals surface area contributed by atoms with E-state index in [2.05, 4.69) is 15.5 Å². The molecule has 2 aromatic rings. The van der Waals surface area contributed by atoms with E-state index in [-0.39, 0.29) is 17.9 Å². The Bertz CT molecular complexity index is 817. The largest absolute Gasteiger partial charge is 0.451 e. The SMILES string of the molecule is CC(=O)Nc1ccccc1-c1ccc(C(=O)N[C@@H]2C[C@H]3CCN(C3)C2)o1. The van der Waals surface area contributed by atoms with Crippen molar-refractivity contribution in [1.82, 2.24) is 10.2 Å². The predicted molar refractivity (Wildman–Crippen MR) is 98.9 cm³/mol. The third-order valence-corrected chi connectivity index (χ3v) is 5.13. The number of hydrogen-bond donors (Lipinski definition) is 2. The quantitative estimate of drug-likeness (QED) is 0.886. The molecule has 1 aromatic heterocycles. The Morgan fingerprint density at radius 1 is 1.15 bits per heavy atom. The molecule has 2 aliphatic heterocycles. The highest BCUT2D eigenvalue weighted by molar-refractivity contribution is 5.95. The molecule has 4 rings (SSSR count). The lowest BCUT2D eigenvalue weighted by molar-refractivity contribution is -0.114. The maximum absolute atomic E-state index is 12.6. The molecule has 6 nitrogen and oxygen atoms in total. The standard InChI is InChI=1S/C20H23N3O3/c1-13(24)21-17-5-3-2-4-16(17)18-6-7-19(26-18)20(25)22-15-10-14-8-9-23(11-14)12-15/h2-7,14-15H,8-12H2,1H3,(H,21,24)(H,22,25)/t14-,15-/m1/s1. The van der Waals surface area contributed by atoms with Gasteiger partial charge in [-0.05, 0) is 49.6 Å². The van der Waals surface area contributed by atoms with E-state index in [1.165, 1.54) is 13.3 Å². The summed E-state index contributed by atoms with van der Waals surface area (Å²) in [5.74, 6) is 1.23. The van der Waals surface area contributed by atoms with Crippen molar-refractivity contribution in [2.24, 2.45) is 5.92 Å². The van der Waals surface area contributed by atoms with Crippen LogP contribution in [-0.4, -0.2) is 42.4 Å². The lowest BCUT2D eigenvalue weighted by atomic mass is 9.97. The van der Waals surface area contributed by atoms with Crippen molar-refractivity contribution in [3.05, 3.63) is 42.2 Å². The summed E-state index contributed by atoms with van der Waals surface area (Å²) in [4.78, 5) is 26.4. The highest BCUT2D eigenvalue weighted by atomic mass is 16.4. The van der Waals surface area contributed by atoms with Gasteiger partial charge in [0, 0.05) is 31.6 Å². The molecule has 2 bridgehead atoms. The van der Waals surface area contributed by atoms with Crippen LogP contribution in [0.4, 0.5) is 5.69 Å². The van der Waals surface area contributed by atoms with Crippen LogP contribution in [0.15, 0.2) is 40.8 Å². The molecule has 3 heterocycles. The van der Waals surface area contributed by atoms with E-state index in [1.807, 2.05) is 24.3 Å². The molecule has 0 radical (unpaired) electrons. The van der Waals surface area contributed by atoms with E-state index in [4.69, 9.17) is 4.42 Å². The summed E-state index contributed by atoms with van der Waals surface area (Å²) >= 11 is 0. The zero-order valence-electron chi connectivity index (χ0n) is 14.8. The Labute approximate surface area is 152 Å². The van der Waals surface area contributed by atoms with Gasteiger partial charge in [0.2, 0.25) is 5.91 Å². The molecule has 0 spiro atoms. The van der Waals surface area contributed by atoms with Crippen molar-refractivity contribution >= 4 is 17.5 Å². The number of para-hydroxylation sites is 1. The number of carbonyl (C=O) groups excluding carboxylic acids is 2. The van der Waals surface area contributed by atoms with Gasteiger partial charge >= 0.3 is 0 Å². The Morgan fingerprint density at radius 2 is 2.00 bits per heavy atom. The molecule has 3 atom stereocenters. The first-order valence-electron chi connectivity index (χ1n) is 9.08. The van der Waals surface area contributed by atoms with E-state index < -0.39 is 0 Å². The van der Waals surface area contributed by atoms with E-state index in [1.54, 1.807) is 12.1 Å². The van der Waals surface area contributed by atoms with Gasteiger partial charge in [0.1, 0.15) is 5.76 Å². The number of anilines is 1. The molecule has 1 unspecified atom stereocenters. The van der Waals surface area contributed by atoms with Crippen LogP contribution in [0, 0.1) is 5.92 Å². The molecule has 136 valence electrons. The first-order chi connectivity index (χ1) is 12.6. The Kier molecular flexibility index (Phi) is 4.51. The van der Waals surface area contributed by atoms with Gasteiger partial charge in [-0.3, -0.25) is 9.59 Å². The summed E-state index contributed by atoms with van der Waals surface area (Å²) in [6, 6.07) is 11.0. The van der Waals surface area contributed by atoms with Crippen molar-refractivity contribution in [3.8, 4) is 11.3 Å². The average molecular weight is 353 g/mol. The molecule has 0 saturated carbocycles. The van der Waals surface area contributed by atoms with Crippen molar-refractivity contribution in [1.29, 1.82) is 0 Å². The molecule has 1 aromatic carbocycles. The van der Waals surface area contributed by atoms with E-state index in [0.717, 1.165) is 31.6 Å². The van der Waals surface area contributed by atoms with Gasteiger partial charge in [-0.1, -0.05) is 12.1 Å². The van der Waals surface area contributed by atoms with Crippen LogP contribution in [0.2, 0.25) is 0 Å². The van der Waals surface area contributed by atoms with Gasteiger partial charge < -0.3 is 20.0 Å². The maximum atomic E-state index is 12.6. The van der Waals surface area contributed by atoms with Crippen molar-refractivity contribution in [2.45, 2.75) is 25.8 Å². The lowest BCUT2D eigenvalue weighted by Crippen LogP contribution is -2.46. The number of nitrogens with one attached hydrogen (secondary N) is 2. The Hall–Kier alpha value is -2.60. The molecule has 2 N–H and O–H groups in total. The van der Waals surface area contributed by atoms with Crippen LogP contribution in [0.1, 0.15) is 30.3 Å². The third kappa shape index (κ3) is 3.51. The number of carbonyl (C=O) groups is 2. The number of nitrogens with zero attached hydrogens (tertiary/aromatic N) is 1. The molecule has 26 heavy (non-hydrogen) atoms. The van der Waals surface area contributed by atoms with E-state index in [0.29, 0.717) is 23.1 Å². The molecule has 2 aliphatic rings. The fourth-order valence-electron chi connectivity index (χ4n) is 4.02. The Balaban J connectivity index is 1.48. The number of fused-ring (bicyclic) bond motifs is 2. The number of amides is 2. The summed E-state index contributed by atoms with van der Waals surface area (Å²) < 4.78 is 5.79. The predicted octanol–water partition coefficient (Wildman–Crippen LogP) is 2.73. The van der Waals surface area contributed by atoms with E-state index >= 15 is 0 Å². The van der Waals surface area contributed by atoms with Crippen LogP contribution in [0.25, 0.3) is 11.3 Å². The van der Waals surface area contributed by atoms with Crippen LogP contribution >= 0.6 is 0 Å². The molecule has 2 saturated heterocycles. The summed E-state index contributed by atoms with van der Waals surface area (Å²) in [5, 5.41) is 5.89. The van der Waals surface area contributed by atoms with Crippen molar-refractivity contribution in [2.75, 3.05) is 25.0 Å². The molecule has 6 heteroatoms. The summed E-state index contributed by atoms with van der Waals surface area (Å²) in [5.41, 5.74) is 1.42. The molecule has 2 amide bonds. The number of hydrogen-bond acceptors (Lipinski definition) is 4. The van der Waals surface area contributed by atoms with E-state index in [9.17, 15) is 9.59 Å². The third-order valence-electron chi connectivity index (χ3n) is 5.13. The maximum Gasteiger partial charge on any atom is 0.287 e. The smallest absolute Gasteiger partial charge is 0.287 e. The second kappa shape index (κ2) is 6.96. The van der Waals surface area contributed by atoms with Crippen LogP contribution in [-0.2, 0) is 4.79 Å². The average Bonchev–Trinajstić information content (AvgIpc) is 3.22. The molecular formula is C20H23N3O3. The zero-order chi connectivity index (χ0) is 18.1. The van der Waals surface area contributed by atoms with Crippen LogP contribution in [0.3, 0.4) is 0 Å².